The van der Waals surface area contributed by atoms with E-state index in [1.165, 1.54) is 42.3 Å². The first-order chi connectivity index (χ1) is 13.8. The molecule has 6 nitrogen and oxygen atoms in total. The fraction of sp³-hybridized carbons (Fsp3) is 0.591. The summed E-state index contributed by atoms with van der Waals surface area (Å²) < 4.78 is 0. The van der Waals surface area contributed by atoms with Gasteiger partial charge in [-0.25, -0.2) is 4.79 Å². The first kappa shape index (κ1) is 23.0. The van der Waals surface area contributed by atoms with Crippen LogP contribution in [-0.2, 0) is 0 Å². The smallest absolute Gasteiger partial charge is 0.320 e. The average Bonchev–Trinajstić information content (AvgIpc) is 3.47. The SMILES string of the molecule is Cl.Cl.O=C1N(CCN2CCN(c3cccc4[nH]ccc34)CC2)CCN1C1CCCC1. The van der Waals surface area contributed by atoms with E-state index in [-0.39, 0.29) is 30.8 Å². The number of amides is 2. The summed E-state index contributed by atoms with van der Waals surface area (Å²) in [5.41, 5.74) is 2.54. The predicted molar refractivity (Wildman–Crippen MR) is 127 cm³/mol. The molecule has 1 N–H and O–H groups in total. The number of hydrogen-bond donors (Lipinski definition) is 1. The van der Waals surface area contributed by atoms with Crippen molar-refractivity contribution >= 4 is 47.4 Å². The lowest BCUT2D eigenvalue weighted by Crippen LogP contribution is -2.49. The zero-order valence-corrected chi connectivity index (χ0v) is 19.1. The summed E-state index contributed by atoms with van der Waals surface area (Å²) in [6, 6.07) is 9.47. The monoisotopic (exact) mass is 453 g/mol. The quantitative estimate of drug-likeness (QED) is 0.748. The molecule has 2 aromatic rings. The van der Waals surface area contributed by atoms with E-state index in [1.54, 1.807) is 0 Å². The van der Waals surface area contributed by atoms with Crippen LogP contribution in [-0.4, -0.2) is 84.1 Å². The van der Waals surface area contributed by atoms with Gasteiger partial charge in [-0.05, 0) is 31.0 Å². The van der Waals surface area contributed by atoms with Crippen molar-refractivity contribution in [2.75, 3.05) is 57.3 Å². The fourth-order valence-corrected chi connectivity index (χ4v) is 5.18. The van der Waals surface area contributed by atoms with Crippen LogP contribution >= 0.6 is 24.8 Å². The Balaban J connectivity index is 0.00000128. The van der Waals surface area contributed by atoms with Gasteiger partial charge in [0.05, 0.1) is 0 Å². The minimum atomic E-state index is 0. The molecule has 2 aliphatic heterocycles. The van der Waals surface area contributed by atoms with Gasteiger partial charge in [-0.1, -0.05) is 18.9 Å². The first-order valence-corrected chi connectivity index (χ1v) is 10.9. The number of aromatic amines is 1. The van der Waals surface area contributed by atoms with Gasteiger partial charge in [-0.15, -0.1) is 24.8 Å². The van der Waals surface area contributed by atoms with Crippen LogP contribution in [0.2, 0.25) is 0 Å². The van der Waals surface area contributed by atoms with Gasteiger partial charge < -0.3 is 19.7 Å². The second-order valence-corrected chi connectivity index (χ2v) is 8.45. The van der Waals surface area contributed by atoms with Gasteiger partial charge in [0, 0.05) is 81.2 Å². The van der Waals surface area contributed by atoms with Gasteiger partial charge in [-0.3, -0.25) is 4.90 Å². The molecule has 3 heterocycles. The van der Waals surface area contributed by atoms with E-state index in [1.807, 2.05) is 6.20 Å². The normalized spacial score (nSPS) is 20.7. The molecule has 0 bridgehead atoms. The van der Waals surface area contributed by atoms with Crippen molar-refractivity contribution in [3.05, 3.63) is 30.5 Å². The van der Waals surface area contributed by atoms with Crippen LogP contribution < -0.4 is 4.90 Å². The molecule has 1 aromatic carbocycles. The molecule has 1 aromatic heterocycles. The fourth-order valence-electron chi connectivity index (χ4n) is 5.18. The summed E-state index contributed by atoms with van der Waals surface area (Å²) in [5, 5.41) is 1.31. The third-order valence-corrected chi connectivity index (χ3v) is 6.86. The van der Waals surface area contributed by atoms with Gasteiger partial charge in [0.25, 0.3) is 0 Å². The minimum absolute atomic E-state index is 0. The summed E-state index contributed by atoms with van der Waals surface area (Å²) in [7, 11) is 0. The standard InChI is InChI=1S/C22H31N5O.2ClH/c28-22-26(16-17-27(22)18-4-1-2-5-18)15-12-24-10-13-25(14-11-24)21-7-3-6-20-19(21)8-9-23-20;;/h3,6-9,18,23H,1-2,4-5,10-17H2;2*1H. The van der Waals surface area contributed by atoms with E-state index in [9.17, 15) is 4.79 Å². The van der Waals surface area contributed by atoms with Crippen molar-refractivity contribution in [2.24, 2.45) is 0 Å². The highest BCUT2D eigenvalue weighted by atomic mass is 35.5. The third-order valence-electron chi connectivity index (χ3n) is 6.86. The summed E-state index contributed by atoms with van der Waals surface area (Å²) in [4.78, 5) is 25.3. The number of rotatable bonds is 5. The van der Waals surface area contributed by atoms with Crippen LogP contribution in [0.25, 0.3) is 10.9 Å². The molecule has 3 fully saturated rings. The van der Waals surface area contributed by atoms with Crippen LogP contribution in [0.3, 0.4) is 0 Å². The molecular formula is C22H33Cl2N5O. The lowest BCUT2D eigenvalue weighted by atomic mass is 10.1. The predicted octanol–water partition coefficient (Wildman–Crippen LogP) is 3.81. The number of nitrogens with zero attached hydrogens (tertiary/aromatic N) is 4. The van der Waals surface area contributed by atoms with Crippen LogP contribution in [0.4, 0.5) is 10.5 Å². The number of fused-ring (bicyclic) bond motifs is 1. The highest BCUT2D eigenvalue weighted by Crippen LogP contribution is 2.28. The van der Waals surface area contributed by atoms with Gasteiger partial charge in [0.15, 0.2) is 0 Å². The number of carbonyl (C=O) groups is 1. The molecule has 8 heteroatoms. The van der Waals surface area contributed by atoms with E-state index >= 15 is 0 Å². The molecular weight excluding hydrogens is 421 g/mol. The van der Waals surface area contributed by atoms with Crippen LogP contribution in [0, 0.1) is 0 Å². The molecule has 0 unspecified atom stereocenters. The van der Waals surface area contributed by atoms with E-state index < -0.39 is 0 Å². The molecule has 1 saturated carbocycles. The Morgan fingerprint density at radius 3 is 2.43 bits per heavy atom. The highest BCUT2D eigenvalue weighted by Gasteiger charge is 2.34. The molecule has 30 heavy (non-hydrogen) atoms. The second kappa shape index (κ2) is 10.1. The Bertz CT molecular complexity index is 830. The molecule has 5 rings (SSSR count). The van der Waals surface area contributed by atoms with Crippen LogP contribution in [0.1, 0.15) is 25.7 Å². The topological polar surface area (TPSA) is 45.8 Å². The maximum absolute atomic E-state index is 12.7. The van der Waals surface area contributed by atoms with Crippen molar-refractivity contribution in [3.63, 3.8) is 0 Å². The molecule has 0 atom stereocenters. The van der Waals surface area contributed by atoms with E-state index in [0.717, 1.165) is 52.4 Å². The van der Waals surface area contributed by atoms with Crippen molar-refractivity contribution in [1.82, 2.24) is 19.7 Å². The van der Waals surface area contributed by atoms with Crippen LogP contribution in [0.15, 0.2) is 30.5 Å². The Kier molecular flexibility index (Phi) is 7.77. The summed E-state index contributed by atoms with van der Waals surface area (Å²) in [6.45, 7) is 7.92. The Morgan fingerprint density at radius 1 is 0.900 bits per heavy atom. The summed E-state index contributed by atoms with van der Waals surface area (Å²) >= 11 is 0. The van der Waals surface area contributed by atoms with Gasteiger partial charge in [-0.2, -0.15) is 0 Å². The van der Waals surface area contributed by atoms with E-state index in [2.05, 4.69) is 48.8 Å². The van der Waals surface area contributed by atoms with Gasteiger partial charge >= 0.3 is 6.03 Å². The van der Waals surface area contributed by atoms with E-state index in [4.69, 9.17) is 0 Å². The third kappa shape index (κ3) is 4.51. The Labute approximate surface area is 191 Å². The van der Waals surface area contributed by atoms with Crippen molar-refractivity contribution in [2.45, 2.75) is 31.7 Å². The maximum atomic E-state index is 12.7. The number of aromatic nitrogens is 1. The number of anilines is 1. The molecule has 2 amide bonds. The van der Waals surface area contributed by atoms with Crippen molar-refractivity contribution in [3.8, 4) is 0 Å². The van der Waals surface area contributed by atoms with Crippen molar-refractivity contribution < 1.29 is 4.79 Å². The number of urea groups is 1. The first-order valence-electron chi connectivity index (χ1n) is 10.9. The van der Waals surface area contributed by atoms with Crippen LogP contribution in [0.5, 0.6) is 0 Å². The lowest BCUT2D eigenvalue weighted by Gasteiger charge is -2.37. The zero-order valence-electron chi connectivity index (χ0n) is 17.5. The lowest BCUT2D eigenvalue weighted by molar-refractivity contribution is 0.169. The number of halogens is 2. The largest absolute Gasteiger partial charge is 0.368 e. The van der Waals surface area contributed by atoms with Crippen molar-refractivity contribution in [1.29, 1.82) is 0 Å². The number of benzene rings is 1. The second-order valence-electron chi connectivity index (χ2n) is 8.45. The van der Waals surface area contributed by atoms with Gasteiger partial charge in [0.2, 0.25) is 0 Å². The highest BCUT2D eigenvalue weighted by molar-refractivity contribution is 5.92. The average molecular weight is 454 g/mol. The maximum Gasteiger partial charge on any atom is 0.320 e. The Morgan fingerprint density at radius 2 is 1.67 bits per heavy atom. The molecule has 0 radical (unpaired) electrons. The molecule has 1 aliphatic carbocycles. The zero-order chi connectivity index (χ0) is 18.9. The Hall–Kier alpha value is -1.63. The number of nitrogens with one attached hydrogen (secondary N) is 1. The van der Waals surface area contributed by atoms with Gasteiger partial charge in [0.1, 0.15) is 0 Å². The van der Waals surface area contributed by atoms with E-state index in [0.29, 0.717) is 6.04 Å². The summed E-state index contributed by atoms with van der Waals surface area (Å²) in [6.07, 6.45) is 7.00. The number of hydrogen-bond acceptors (Lipinski definition) is 3. The number of H-pyrrole nitrogens is 1. The minimum Gasteiger partial charge on any atom is -0.368 e. The molecule has 2 saturated heterocycles. The molecule has 3 aliphatic rings. The molecule has 0 spiro atoms. The number of piperazine rings is 1. The molecule has 166 valence electrons. The summed E-state index contributed by atoms with van der Waals surface area (Å²) in [5.74, 6) is 0. The number of carbonyl (C=O) groups excluding carboxylic acids is 1.